The van der Waals surface area contributed by atoms with Gasteiger partial charge in [-0.15, -0.1) is 0 Å². The molecule has 0 amide bonds. The summed E-state index contributed by atoms with van der Waals surface area (Å²) < 4.78 is 0. The Morgan fingerprint density at radius 3 is 1.80 bits per heavy atom. The summed E-state index contributed by atoms with van der Waals surface area (Å²) in [6.07, 6.45) is 0.565. The fourth-order valence-electron chi connectivity index (χ4n) is 0. The summed E-state index contributed by atoms with van der Waals surface area (Å²) in [7, 11) is 0. The molecule has 0 N–H and O–H groups in total. The zero-order chi connectivity index (χ0) is 3.41. The molecule has 0 saturated carbocycles. The van der Waals surface area contributed by atoms with Gasteiger partial charge in [0.05, 0.1) is 0 Å². The van der Waals surface area contributed by atoms with Crippen LogP contribution in [0.15, 0.2) is 0 Å². The molecule has 0 heterocycles. The Labute approximate surface area is 47.9 Å². The van der Waals surface area contributed by atoms with Crippen LogP contribution in [0.4, 0.5) is 0 Å². The molecule has 1 radical (unpaired) electrons. The van der Waals surface area contributed by atoms with Crippen molar-refractivity contribution in [3.05, 3.63) is 0 Å². The van der Waals surface area contributed by atoms with Crippen molar-refractivity contribution < 1.29 is 4.79 Å². The predicted octanol–water partition coefficient (Wildman–Crippen LogP) is -0.196. The second kappa shape index (κ2) is 8.84. The molecule has 0 rings (SSSR count). The zero-order valence-corrected chi connectivity index (χ0v) is 3.79. The van der Waals surface area contributed by atoms with Crippen molar-refractivity contribution in [3.8, 4) is 0 Å². The molecule has 0 aromatic heterocycles. The molecule has 3 heteroatoms. The summed E-state index contributed by atoms with van der Waals surface area (Å²) >= 11 is 4.06. The van der Waals surface area contributed by atoms with E-state index in [1.807, 2.05) is 0 Å². The monoisotopic (exact) mass is 81.0 g/mol. The Morgan fingerprint density at radius 2 is 1.80 bits per heavy atom. The van der Waals surface area contributed by atoms with Gasteiger partial charge in [-0.25, -0.2) is 0 Å². The van der Waals surface area contributed by atoms with Gasteiger partial charge in [-0.05, 0) is 0 Å². The van der Waals surface area contributed by atoms with Crippen molar-refractivity contribution in [2.75, 3.05) is 0 Å². The Bertz CT molecular complexity index is 30.6. The second-order valence-corrected chi connectivity index (χ2v) is 0.544. The smallest absolute Gasteiger partial charge is 0.153 e. The molecule has 0 saturated heterocycles. The van der Waals surface area contributed by atoms with E-state index in [4.69, 9.17) is 4.79 Å². The third-order valence-electron chi connectivity index (χ3n) is 0.0556. The van der Waals surface area contributed by atoms with Crippen LogP contribution in [0.5, 0.6) is 0 Å². The molecule has 0 spiro atoms. The molecule has 0 atom stereocenters. The fourth-order valence-corrected chi connectivity index (χ4v) is 0. The summed E-state index contributed by atoms with van der Waals surface area (Å²) in [5.74, 6) is 0. The Balaban J connectivity index is 0. The number of rotatable bonds is 1. The van der Waals surface area contributed by atoms with E-state index in [9.17, 15) is 0 Å². The molecule has 23 valence electrons. The Hall–Kier alpha value is 0.357. The van der Waals surface area contributed by atoms with Crippen molar-refractivity contribution in [2.45, 2.75) is 0 Å². The molecule has 0 bridgehead atoms. The van der Waals surface area contributed by atoms with Gasteiger partial charge in [-0.2, -0.15) is 0 Å². The van der Waals surface area contributed by atoms with Gasteiger partial charge in [0.1, 0.15) is 0 Å². The van der Waals surface area contributed by atoms with Gasteiger partial charge in [0, 0.05) is 24.2 Å². The first-order valence-corrected chi connectivity index (χ1v) is 1.28. The standard InChI is InChI=1S/C2H2OS.Li/c3-1-2-4;/h1-2H;. The molecule has 0 aliphatic heterocycles. The van der Waals surface area contributed by atoms with E-state index in [-0.39, 0.29) is 18.9 Å². The minimum atomic E-state index is 0. The van der Waals surface area contributed by atoms with E-state index in [0.29, 0.717) is 6.29 Å². The fraction of sp³-hybridized carbons (Fsp3) is 0. The SMILES string of the molecule is O=CC=S.[Li]. The van der Waals surface area contributed by atoms with Crippen LogP contribution in [-0.4, -0.2) is 30.5 Å². The second-order valence-electron chi connectivity index (χ2n) is 0.272. The number of aldehydes is 1. The summed E-state index contributed by atoms with van der Waals surface area (Å²) in [4.78, 5) is 9.01. The largest absolute Gasteiger partial charge is 0.298 e. The van der Waals surface area contributed by atoms with E-state index in [2.05, 4.69) is 12.2 Å². The molecular formula is C2H2LiOS. The van der Waals surface area contributed by atoms with Crippen molar-refractivity contribution >= 4 is 42.7 Å². The van der Waals surface area contributed by atoms with Gasteiger partial charge < -0.3 is 0 Å². The van der Waals surface area contributed by atoms with Crippen LogP contribution in [-0.2, 0) is 4.79 Å². The third-order valence-corrected chi connectivity index (χ3v) is 0.167. The van der Waals surface area contributed by atoms with Crippen LogP contribution in [0.2, 0.25) is 0 Å². The molecular weight excluding hydrogens is 79.0 g/mol. The summed E-state index contributed by atoms with van der Waals surface area (Å²) in [5, 5.41) is 1.03. The van der Waals surface area contributed by atoms with Gasteiger partial charge in [-0.3, -0.25) is 4.79 Å². The first-order chi connectivity index (χ1) is 1.91. The average Bonchev–Trinajstić information content (AvgIpc) is 1.37. The van der Waals surface area contributed by atoms with Crippen LogP contribution < -0.4 is 0 Å². The average molecular weight is 81.0 g/mol. The van der Waals surface area contributed by atoms with E-state index in [1.165, 1.54) is 0 Å². The van der Waals surface area contributed by atoms with Crippen molar-refractivity contribution in [1.29, 1.82) is 0 Å². The van der Waals surface area contributed by atoms with Gasteiger partial charge >= 0.3 is 0 Å². The summed E-state index contributed by atoms with van der Waals surface area (Å²) in [5.41, 5.74) is 0. The Morgan fingerprint density at radius 1 is 1.60 bits per heavy atom. The summed E-state index contributed by atoms with van der Waals surface area (Å²) in [6.45, 7) is 0. The predicted molar refractivity (Wildman–Crippen MR) is 25.5 cm³/mol. The van der Waals surface area contributed by atoms with Gasteiger partial charge in [0.2, 0.25) is 0 Å². The maximum Gasteiger partial charge on any atom is 0.153 e. The minimum absolute atomic E-state index is 0. The summed E-state index contributed by atoms with van der Waals surface area (Å²) in [6, 6.07) is 0. The first kappa shape index (κ1) is 9.02. The maximum absolute atomic E-state index is 9.01. The molecule has 0 aliphatic carbocycles. The van der Waals surface area contributed by atoms with Crippen molar-refractivity contribution in [2.24, 2.45) is 0 Å². The molecule has 0 unspecified atom stereocenters. The Kier molecular flexibility index (Phi) is 16.0. The number of hydrogen-bond acceptors (Lipinski definition) is 2. The van der Waals surface area contributed by atoms with E-state index in [0.717, 1.165) is 5.37 Å². The number of thiocarbonyl (C=S) groups is 1. The van der Waals surface area contributed by atoms with Crippen molar-refractivity contribution in [1.82, 2.24) is 0 Å². The molecule has 0 aliphatic rings. The van der Waals surface area contributed by atoms with Crippen molar-refractivity contribution in [3.63, 3.8) is 0 Å². The minimum Gasteiger partial charge on any atom is -0.298 e. The zero-order valence-electron chi connectivity index (χ0n) is 2.97. The quantitative estimate of drug-likeness (QED) is 0.247. The molecule has 0 aromatic rings. The topological polar surface area (TPSA) is 17.1 Å². The number of hydrogen-bond donors (Lipinski definition) is 0. The first-order valence-electron chi connectivity index (χ1n) is 0.805. The van der Waals surface area contributed by atoms with E-state index < -0.39 is 0 Å². The van der Waals surface area contributed by atoms with Crippen LogP contribution >= 0.6 is 12.2 Å². The van der Waals surface area contributed by atoms with Crippen LogP contribution in [0.25, 0.3) is 0 Å². The number of carbonyl (C=O) groups excluding carboxylic acids is 1. The molecule has 0 fully saturated rings. The normalized spacial score (nSPS) is 4.00. The van der Waals surface area contributed by atoms with Crippen LogP contribution in [0.3, 0.4) is 0 Å². The van der Waals surface area contributed by atoms with Gasteiger partial charge in [0.15, 0.2) is 6.29 Å². The molecule has 1 nitrogen and oxygen atoms in total. The number of carbonyl (C=O) groups is 1. The molecule has 0 aromatic carbocycles. The molecule has 5 heavy (non-hydrogen) atoms. The van der Waals surface area contributed by atoms with E-state index in [1.54, 1.807) is 0 Å². The van der Waals surface area contributed by atoms with Crippen LogP contribution in [0, 0.1) is 0 Å². The van der Waals surface area contributed by atoms with E-state index >= 15 is 0 Å². The third kappa shape index (κ3) is 13.1. The maximum atomic E-state index is 9.01. The van der Waals surface area contributed by atoms with Gasteiger partial charge in [-0.1, -0.05) is 12.2 Å². The van der Waals surface area contributed by atoms with Gasteiger partial charge in [0.25, 0.3) is 0 Å². The van der Waals surface area contributed by atoms with Crippen LogP contribution in [0.1, 0.15) is 0 Å².